The van der Waals surface area contributed by atoms with Gasteiger partial charge in [-0.2, -0.15) is 0 Å². The summed E-state index contributed by atoms with van der Waals surface area (Å²) in [6, 6.07) is 5.66. The van der Waals surface area contributed by atoms with Gasteiger partial charge in [-0.15, -0.1) is 0 Å². The van der Waals surface area contributed by atoms with Crippen molar-refractivity contribution in [3.05, 3.63) is 23.8 Å². The number of hydrogen-bond acceptors (Lipinski definition) is 4. The van der Waals surface area contributed by atoms with Crippen LogP contribution in [0.5, 0.6) is 5.75 Å². The van der Waals surface area contributed by atoms with Crippen LogP contribution in [0.25, 0.3) is 0 Å². The Labute approximate surface area is 124 Å². The van der Waals surface area contributed by atoms with Crippen LogP contribution in [-0.4, -0.2) is 32.0 Å². The lowest BCUT2D eigenvalue weighted by molar-refractivity contribution is -0.128. The summed E-state index contributed by atoms with van der Waals surface area (Å²) in [7, 11) is 1.64. The molecule has 1 aromatic rings. The minimum absolute atomic E-state index is 0.00102. The van der Waals surface area contributed by atoms with E-state index in [4.69, 9.17) is 4.74 Å². The van der Waals surface area contributed by atoms with Gasteiger partial charge in [0.15, 0.2) is 6.61 Å². The largest absolute Gasteiger partial charge is 0.482 e. The predicted octanol–water partition coefficient (Wildman–Crippen LogP) is 0.879. The summed E-state index contributed by atoms with van der Waals surface area (Å²) in [6.45, 7) is 5.01. The first-order valence-corrected chi connectivity index (χ1v) is 6.91. The van der Waals surface area contributed by atoms with Crippen LogP contribution in [0.4, 0.5) is 5.69 Å². The molecule has 0 atom stereocenters. The van der Waals surface area contributed by atoms with Crippen molar-refractivity contribution in [2.75, 3.05) is 25.5 Å². The normalized spacial score (nSPS) is 14.0. The lowest BCUT2D eigenvalue weighted by Crippen LogP contribution is -2.41. The Morgan fingerprint density at radius 3 is 2.90 bits per heavy atom. The van der Waals surface area contributed by atoms with Gasteiger partial charge in [0.2, 0.25) is 5.91 Å². The molecular weight excluding hydrogens is 270 g/mol. The first-order valence-electron chi connectivity index (χ1n) is 6.91. The third-order valence-corrected chi connectivity index (χ3v) is 3.41. The maximum atomic E-state index is 11.7. The van der Waals surface area contributed by atoms with E-state index >= 15 is 0 Å². The van der Waals surface area contributed by atoms with Crippen molar-refractivity contribution in [2.24, 2.45) is 5.41 Å². The second kappa shape index (κ2) is 6.13. The van der Waals surface area contributed by atoms with E-state index < -0.39 is 5.41 Å². The van der Waals surface area contributed by atoms with Crippen molar-refractivity contribution in [1.82, 2.24) is 10.6 Å². The maximum Gasteiger partial charge on any atom is 0.262 e. The molecule has 1 aliphatic heterocycles. The van der Waals surface area contributed by atoms with Crippen molar-refractivity contribution in [3.63, 3.8) is 0 Å². The van der Waals surface area contributed by atoms with Crippen molar-refractivity contribution in [2.45, 2.75) is 20.4 Å². The van der Waals surface area contributed by atoms with E-state index in [-0.39, 0.29) is 18.4 Å². The molecule has 0 spiro atoms. The van der Waals surface area contributed by atoms with Crippen LogP contribution in [0.3, 0.4) is 0 Å². The van der Waals surface area contributed by atoms with Crippen molar-refractivity contribution in [3.8, 4) is 5.75 Å². The minimum atomic E-state index is -0.472. The van der Waals surface area contributed by atoms with Crippen LogP contribution in [0.15, 0.2) is 18.2 Å². The summed E-state index contributed by atoms with van der Waals surface area (Å²) in [5.74, 6) is 0.540. The first-order chi connectivity index (χ1) is 9.92. The highest BCUT2D eigenvalue weighted by Gasteiger charge is 2.25. The Kier molecular flexibility index (Phi) is 4.47. The van der Waals surface area contributed by atoms with Crippen molar-refractivity contribution >= 4 is 17.5 Å². The van der Waals surface area contributed by atoms with Gasteiger partial charge in [0.25, 0.3) is 5.91 Å². The SMILES string of the molecule is CNC(=O)C(C)(C)CNCc1ccc2c(c1)NC(=O)CO2. The van der Waals surface area contributed by atoms with Crippen LogP contribution in [0.2, 0.25) is 0 Å². The Morgan fingerprint density at radius 1 is 1.43 bits per heavy atom. The monoisotopic (exact) mass is 291 g/mol. The molecule has 1 aliphatic rings. The van der Waals surface area contributed by atoms with Crippen LogP contribution >= 0.6 is 0 Å². The third-order valence-electron chi connectivity index (χ3n) is 3.41. The fraction of sp³-hybridized carbons (Fsp3) is 0.467. The van der Waals surface area contributed by atoms with Crippen LogP contribution < -0.4 is 20.7 Å². The van der Waals surface area contributed by atoms with Gasteiger partial charge in [-0.05, 0) is 31.5 Å². The molecule has 0 aliphatic carbocycles. The zero-order valence-electron chi connectivity index (χ0n) is 12.6. The number of amides is 2. The summed E-state index contributed by atoms with van der Waals surface area (Å²) in [6.07, 6.45) is 0. The van der Waals surface area contributed by atoms with Crippen LogP contribution in [-0.2, 0) is 16.1 Å². The van der Waals surface area contributed by atoms with Gasteiger partial charge in [-0.1, -0.05) is 6.07 Å². The smallest absolute Gasteiger partial charge is 0.262 e. The molecule has 1 aromatic carbocycles. The molecular formula is C15H21N3O3. The van der Waals surface area contributed by atoms with Crippen molar-refractivity contribution < 1.29 is 14.3 Å². The molecule has 1 heterocycles. The van der Waals surface area contributed by atoms with Gasteiger partial charge in [0.05, 0.1) is 11.1 Å². The number of anilines is 1. The topological polar surface area (TPSA) is 79.5 Å². The summed E-state index contributed by atoms with van der Waals surface area (Å²) in [5.41, 5.74) is 1.24. The number of nitrogens with one attached hydrogen (secondary N) is 3. The highest BCUT2D eigenvalue weighted by molar-refractivity contribution is 5.95. The molecule has 0 radical (unpaired) electrons. The predicted molar refractivity (Wildman–Crippen MR) is 80.1 cm³/mol. The van der Waals surface area contributed by atoms with Gasteiger partial charge in [-0.3, -0.25) is 9.59 Å². The highest BCUT2D eigenvalue weighted by atomic mass is 16.5. The van der Waals surface area contributed by atoms with Gasteiger partial charge in [-0.25, -0.2) is 0 Å². The standard InChI is InChI=1S/C15H21N3O3/c1-15(2,14(20)16-3)9-17-7-10-4-5-12-11(6-10)18-13(19)8-21-12/h4-6,17H,7-9H2,1-3H3,(H,16,20)(H,18,19). The third kappa shape index (κ3) is 3.72. The van der Waals surface area contributed by atoms with Crippen molar-refractivity contribution in [1.29, 1.82) is 0 Å². The molecule has 3 N–H and O–H groups in total. The van der Waals surface area contributed by atoms with E-state index in [0.717, 1.165) is 5.56 Å². The van der Waals surface area contributed by atoms with Gasteiger partial charge in [0.1, 0.15) is 5.75 Å². The molecule has 0 unspecified atom stereocenters. The van der Waals surface area contributed by atoms with E-state index in [1.165, 1.54) is 0 Å². The highest BCUT2D eigenvalue weighted by Crippen LogP contribution is 2.28. The molecule has 21 heavy (non-hydrogen) atoms. The Hall–Kier alpha value is -2.08. The first kappa shape index (κ1) is 15.3. The molecule has 0 aromatic heterocycles. The molecule has 2 amide bonds. The van der Waals surface area contributed by atoms with E-state index in [1.54, 1.807) is 7.05 Å². The number of rotatable bonds is 5. The maximum absolute atomic E-state index is 11.7. The Balaban J connectivity index is 1.94. The van der Waals surface area contributed by atoms with E-state index in [9.17, 15) is 9.59 Å². The Morgan fingerprint density at radius 2 is 2.19 bits per heavy atom. The van der Waals surface area contributed by atoms with Crippen LogP contribution in [0.1, 0.15) is 19.4 Å². The molecule has 2 rings (SSSR count). The Bertz CT molecular complexity index is 555. The van der Waals surface area contributed by atoms with Gasteiger partial charge in [0, 0.05) is 20.1 Å². The number of carbonyl (C=O) groups is 2. The number of benzene rings is 1. The van der Waals surface area contributed by atoms with E-state index in [2.05, 4.69) is 16.0 Å². The molecule has 114 valence electrons. The average molecular weight is 291 g/mol. The molecule has 0 bridgehead atoms. The molecule has 0 saturated carbocycles. The van der Waals surface area contributed by atoms with Gasteiger partial charge < -0.3 is 20.7 Å². The second-order valence-electron chi connectivity index (χ2n) is 5.73. The number of fused-ring (bicyclic) bond motifs is 1. The number of carbonyl (C=O) groups excluding carboxylic acids is 2. The van der Waals surface area contributed by atoms with Gasteiger partial charge >= 0.3 is 0 Å². The molecule has 6 nitrogen and oxygen atoms in total. The summed E-state index contributed by atoms with van der Waals surface area (Å²) in [4.78, 5) is 23.0. The molecule has 0 saturated heterocycles. The fourth-order valence-electron chi connectivity index (χ4n) is 2.18. The number of ether oxygens (including phenoxy) is 1. The lowest BCUT2D eigenvalue weighted by Gasteiger charge is -2.23. The number of hydrogen-bond donors (Lipinski definition) is 3. The van der Waals surface area contributed by atoms with Crippen LogP contribution in [0, 0.1) is 5.41 Å². The minimum Gasteiger partial charge on any atom is -0.482 e. The van der Waals surface area contributed by atoms with E-state index in [0.29, 0.717) is 24.5 Å². The zero-order chi connectivity index (χ0) is 15.5. The molecule has 6 heteroatoms. The lowest BCUT2D eigenvalue weighted by atomic mass is 9.92. The second-order valence-corrected chi connectivity index (χ2v) is 5.73. The van der Waals surface area contributed by atoms with E-state index in [1.807, 2.05) is 32.0 Å². The average Bonchev–Trinajstić information content (AvgIpc) is 2.45. The summed E-state index contributed by atoms with van der Waals surface area (Å²) in [5, 5.41) is 8.70. The molecule has 0 fully saturated rings. The zero-order valence-corrected chi connectivity index (χ0v) is 12.6. The summed E-state index contributed by atoms with van der Waals surface area (Å²) >= 11 is 0. The summed E-state index contributed by atoms with van der Waals surface area (Å²) < 4.78 is 5.31. The quantitative estimate of drug-likeness (QED) is 0.752. The fourth-order valence-corrected chi connectivity index (χ4v) is 2.18.